The summed E-state index contributed by atoms with van der Waals surface area (Å²) in [6.45, 7) is 5.73. The van der Waals surface area contributed by atoms with E-state index in [1.165, 1.54) is 24.4 Å². The largest absolute Gasteiger partial charge is 0.482 e. The van der Waals surface area contributed by atoms with Crippen LogP contribution in [0.1, 0.15) is 23.6 Å². The summed E-state index contributed by atoms with van der Waals surface area (Å²) in [6, 6.07) is 13.8. The van der Waals surface area contributed by atoms with Gasteiger partial charge in [-0.2, -0.15) is 0 Å². The highest BCUT2D eigenvalue weighted by atomic mass is 32.2. The van der Waals surface area contributed by atoms with Crippen molar-refractivity contribution in [1.29, 1.82) is 0 Å². The lowest BCUT2D eigenvalue weighted by Gasteiger charge is -2.13. The number of amides is 1. The summed E-state index contributed by atoms with van der Waals surface area (Å²) in [6.07, 6.45) is 5.17. The smallest absolute Gasteiger partial charge is 0.343 e. The summed E-state index contributed by atoms with van der Waals surface area (Å²) >= 11 is 1.44. The quantitative estimate of drug-likeness (QED) is 0.348. The molecule has 0 saturated carbocycles. The highest BCUT2D eigenvalue weighted by Gasteiger charge is 2.27. The minimum atomic E-state index is -0.447. The van der Waals surface area contributed by atoms with Crippen LogP contribution in [0.25, 0.3) is 6.08 Å². The highest BCUT2D eigenvalue weighted by Crippen LogP contribution is 2.31. The van der Waals surface area contributed by atoms with Gasteiger partial charge in [0.2, 0.25) is 0 Å². The number of thioether (sulfide) groups is 1. The summed E-state index contributed by atoms with van der Waals surface area (Å²) in [7, 11) is 1.32. The van der Waals surface area contributed by atoms with Crippen molar-refractivity contribution in [2.45, 2.75) is 25.3 Å². The Morgan fingerprint density at radius 1 is 1.26 bits per heavy atom. The first-order chi connectivity index (χ1) is 15.0. The van der Waals surface area contributed by atoms with Crippen LogP contribution in [0.15, 0.2) is 60.0 Å². The Kier molecular flexibility index (Phi) is 7.78. The molecule has 2 aromatic carbocycles. The van der Waals surface area contributed by atoms with Gasteiger partial charge in [0.15, 0.2) is 12.1 Å². The lowest BCUT2D eigenvalue weighted by Crippen LogP contribution is -2.30. The lowest BCUT2D eigenvalue weighted by molar-refractivity contribution is -0.142. The molecule has 0 radical (unpaired) electrons. The number of nitrogens with one attached hydrogen (secondary N) is 2. The number of allylic oxidation sites excluding steroid dienone is 1. The summed E-state index contributed by atoms with van der Waals surface area (Å²) < 4.78 is 10.2. The van der Waals surface area contributed by atoms with Crippen molar-refractivity contribution < 1.29 is 19.1 Å². The number of hydrogen-bond donors (Lipinski definition) is 2. The van der Waals surface area contributed by atoms with E-state index in [-0.39, 0.29) is 18.0 Å². The van der Waals surface area contributed by atoms with E-state index in [1.807, 2.05) is 30.3 Å². The number of ether oxygens (including phenoxy) is 2. The molecule has 0 aromatic heterocycles. The van der Waals surface area contributed by atoms with Gasteiger partial charge in [-0.3, -0.25) is 4.79 Å². The predicted molar refractivity (Wildman–Crippen MR) is 125 cm³/mol. The fraction of sp³-hybridized carbons (Fsp3) is 0.250. The second-order valence-corrected chi connectivity index (χ2v) is 8.05. The zero-order valence-corrected chi connectivity index (χ0v) is 18.5. The van der Waals surface area contributed by atoms with Crippen LogP contribution in [0.5, 0.6) is 5.75 Å². The van der Waals surface area contributed by atoms with Crippen LogP contribution in [0.3, 0.4) is 0 Å². The number of rotatable bonds is 9. The molecule has 7 heteroatoms. The number of esters is 1. The average Bonchev–Trinajstić information content (AvgIpc) is 3.12. The number of benzene rings is 2. The maximum absolute atomic E-state index is 12.4. The molecule has 1 amide bonds. The second-order valence-electron chi connectivity index (χ2n) is 6.90. The van der Waals surface area contributed by atoms with E-state index >= 15 is 0 Å². The van der Waals surface area contributed by atoms with E-state index in [4.69, 9.17) is 4.74 Å². The van der Waals surface area contributed by atoms with Gasteiger partial charge in [-0.1, -0.05) is 43.0 Å². The molecule has 1 aliphatic rings. The molecule has 6 nitrogen and oxygen atoms in total. The van der Waals surface area contributed by atoms with Gasteiger partial charge in [0.25, 0.3) is 5.91 Å². The summed E-state index contributed by atoms with van der Waals surface area (Å²) in [5, 5.41) is 6.27. The van der Waals surface area contributed by atoms with Crippen molar-refractivity contribution in [2.75, 3.05) is 19.0 Å². The van der Waals surface area contributed by atoms with Gasteiger partial charge < -0.3 is 20.1 Å². The Morgan fingerprint density at radius 2 is 2.03 bits per heavy atom. The first-order valence-electron chi connectivity index (χ1n) is 10.0. The molecular weight excluding hydrogens is 412 g/mol. The van der Waals surface area contributed by atoms with Crippen molar-refractivity contribution in [3.63, 3.8) is 0 Å². The summed E-state index contributed by atoms with van der Waals surface area (Å²) in [5.41, 5.74) is 3.73. The number of hydrogen-bond acceptors (Lipinski definition) is 6. The first-order valence-corrected chi connectivity index (χ1v) is 10.9. The Labute approximate surface area is 186 Å². The van der Waals surface area contributed by atoms with Gasteiger partial charge in [-0.25, -0.2) is 4.79 Å². The first kappa shape index (κ1) is 22.5. The van der Waals surface area contributed by atoms with Gasteiger partial charge in [-0.05, 0) is 59.9 Å². The molecular formula is C24H26N2O4S. The van der Waals surface area contributed by atoms with E-state index in [0.29, 0.717) is 17.1 Å². The van der Waals surface area contributed by atoms with E-state index in [9.17, 15) is 9.59 Å². The Balaban J connectivity index is 1.70. The molecule has 1 heterocycles. The monoisotopic (exact) mass is 438 g/mol. The molecule has 0 bridgehead atoms. The van der Waals surface area contributed by atoms with Crippen molar-refractivity contribution in [3.8, 4) is 5.75 Å². The molecule has 1 atom stereocenters. The van der Waals surface area contributed by atoms with E-state index in [2.05, 4.69) is 41.0 Å². The molecule has 162 valence electrons. The van der Waals surface area contributed by atoms with Gasteiger partial charge in [0.05, 0.1) is 12.0 Å². The SMILES string of the molecule is C=CCc1cc(/C=C2\S[C@@H](Nc3ccc(CC)cc3)NC2=O)ccc1OCC(=O)OC. The van der Waals surface area contributed by atoms with E-state index in [1.54, 1.807) is 12.1 Å². The highest BCUT2D eigenvalue weighted by molar-refractivity contribution is 8.05. The third-order valence-electron chi connectivity index (χ3n) is 4.71. The Morgan fingerprint density at radius 3 is 2.71 bits per heavy atom. The zero-order valence-electron chi connectivity index (χ0n) is 17.6. The van der Waals surface area contributed by atoms with Crippen molar-refractivity contribution in [1.82, 2.24) is 5.32 Å². The molecule has 2 N–H and O–H groups in total. The number of anilines is 1. The molecule has 3 rings (SSSR count). The molecule has 1 aliphatic heterocycles. The van der Waals surface area contributed by atoms with Crippen LogP contribution < -0.4 is 15.4 Å². The van der Waals surface area contributed by atoms with Crippen LogP contribution in [-0.2, 0) is 27.2 Å². The number of carbonyl (C=O) groups is 2. The Hall–Kier alpha value is -3.19. The third kappa shape index (κ3) is 6.15. The second kappa shape index (κ2) is 10.7. The minimum Gasteiger partial charge on any atom is -0.482 e. The molecule has 0 aliphatic carbocycles. The standard InChI is InChI=1S/C24H26N2O4S/c1-4-6-18-13-17(9-12-20(18)30-15-22(27)29-3)14-21-23(28)26-24(31-21)25-19-10-7-16(5-2)8-11-19/h4,7-14,24-25H,1,5-6,15H2,2-3H3,(H,26,28)/b21-14-/t24-/m0/s1. The molecule has 2 aromatic rings. The zero-order chi connectivity index (χ0) is 22.2. The average molecular weight is 439 g/mol. The number of methoxy groups -OCH3 is 1. The maximum atomic E-state index is 12.4. The fourth-order valence-corrected chi connectivity index (χ4v) is 4.03. The fourth-order valence-electron chi connectivity index (χ4n) is 3.05. The van der Waals surface area contributed by atoms with Crippen molar-refractivity contribution in [2.24, 2.45) is 0 Å². The molecule has 0 unspecified atom stereocenters. The van der Waals surface area contributed by atoms with E-state index in [0.717, 1.165) is 23.2 Å². The maximum Gasteiger partial charge on any atom is 0.343 e. The Bertz CT molecular complexity index is 986. The van der Waals surface area contributed by atoms with Crippen LogP contribution in [0, 0.1) is 0 Å². The normalized spacial score (nSPS) is 16.6. The molecule has 1 saturated heterocycles. The van der Waals surface area contributed by atoms with Gasteiger partial charge in [-0.15, -0.1) is 6.58 Å². The van der Waals surface area contributed by atoms with Crippen LogP contribution in [0.4, 0.5) is 5.69 Å². The predicted octanol–water partition coefficient (Wildman–Crippen LogP) is 4.13. The lowest BCUT2D eigenvalue weighted by atomic mass is 10.1. The van der Waals surface area contributed by atoms with Crippen molar-refractivity contribution >= 4 is 35.4 Å². The van der Waals surface area contributed by atoms with Gasteiger partial charge in [0, 0.05) is 5.69 Å². The molecule has 0 spiro atoms. The van der Waals surface area contributed by atoms with Crippen LogP contribution >= 0.6 is 11.8 Å². The van der Waals surface area contributed by atoms with Crippen LogP contribution in [0.2, 0.25) is 0 Å². The summed E-state index contributed by atoms with van der Waals surface area (Å²) in [5.74, 6) is 0.0210. The minimum absolute atomic E-state index is 0.121. The molecule has 1 fully saturated rings. The number of aryl methyl sites for hydroxylation is 1. The topological polar surface area (TPSA) is 76.7 Å². The van der Waals surface area contributed by atoms with E-state index < -0.39 is 5.97 Å². The van der Waals surface area contributed by atoms with Gasteiger partial charge >= 0.3 is 5.97 Å². The third-order valence-corrected chi connectivity index (χ3v) is 5.74. The van der Waals surface area contributed by atoms with Crippen molar-refractivity contribution in [3.05, 3.63) is 76.7 Å². The number of carbonyl (C=O) groups excluding carboxylic acids is 2. The van der Waals surface area contributed by atoms with Crippen LogP contribution in [-0.4, -0.2) is 31.1 Å². The van der Waals surface area contributed by atoms with Gasteiger partial charge in [0.1, 0.15) is 5.75 Å². The molecule has 31 heavy (non-hydrogen) atoms. The summed E-state index contributed by atoms with van der Waals surface area (Å²) in [4.78, 5) is 24.4.